The third kappa shape index (κ3) is 5.60. The summed E-state index contributed by atoms with van der Waals surface area (Å²) < 4.78 is 9.03. The number of ether oxygens (including phenoxy) is 1. The molecule has 2 aliphatic rings. The number of nitrogens with zero attached hydrogens (tertiary/aromatic N) is 4. The summed E-state index contributed by atoms with van der Waals surface area (Å²) in [4.78, 5) is 58.8. The number of rotatable bonds is 7. The molecule has 178 valence electrons. The number of oxime groups is 1. The predicted octanol–water partition coefficient (Wildman–Crippen LogP) is -0.0604. The second-order valence-electron chi connectivity index (χ2n) is 8.00. The van der Waals surface area contributed by atoms with Crippen LogP contribution >= 0.6 is 23.3 Å². The van der Waals surface area contributed by atoms with Gasteiger partial charge in [-0.25, -0.2) is 9.59 Å². The van der Waals surface area contributed by atoms with Crippen LogP contribution in [0.3, 0.4) is 0 Å². The number of carboxylic acid groups (broad SMARTS) is 1. The van der Waals surface area contributed by atoms with E-state index < -0.39 is 53.1 Å². The zero-order chi connectivity index (χ0) is 24.5. The van der Waals surface area contributed by atoms with E-state index in [9.17, 15) is 24.3 Å². The molecule has 2 aliphatic heterocycles. The summed E-state index contributed by atoms with van der Waals surface area (Å²) in [7, 11) is 0. The molecular weight excluding hydrogens is 476 g/mol. The highest BCUT2D eigenvalue weighted by molar-refractivity contribution is 8.00. The van der Waals surface area contributed by atoms with Crippen LogP contribution in [0.2, 0.25) is 0 Å². The summed E-state index contributed by atoms with van der Waals surface area (Å²) in [6, 6.07) is -1.000. The Morgan fingerprint density at radius 1 is 1.36 bits per heavy atom. The molecule has 13 nitrogen and oxygen atoms in total. The van der Waals surface area contributed by atoms with Gasteiger partial charge in [-0.3, -0.25) is 14.5 Å². The molecule has 0 spiro atoms. The van der Waals surface area contributed by atoms with Crippen LogP contribution in [0.1, 0.15) is 33.5 Å². The van der Waals surface area contributed by atoms with Crippen molar-refractivity contribution in [2.45, 2.75) is 50.0 Å². The third-order valence-electron chi connectivity index (χ3n) is 4.18. The minimum absolute atomic E-state index is 0.0661. The maximum absolute atomic E-state index is 12.9. The highest BCUT2D eigenvalue weighted by Crippen LogP contribution is 2.40. The van der Waals surface area contributed by atoms with Crippen LogP contribution < -0.4 is 11.1 Å². The van der Waals surface area contributed by atoms with E-state index in [1.807, 2.05) is 0 Å². The fourth-order valence-electron chi connectivity index (χ4n) is 2.97. The van der Waals surface area contributed by atoms with Gasteiger partial charge in [-0.05, 0) is 33.8 Å². The Balaban J connectivity index is 1.74. The van der Waals surface area contributed by atoms with Crippen molar-refractivity contribution in [3.63, 3.8) is 0 Å². The lowest BCUT2D eigenvalue weighted by atomic mass is 10.0. The van der Waals surface area contributed by atoms with E-state index in [1.165, 1.54) is 17.8 Å². The van der Waals surface area contributed by atoms with Crippen molar-refractivity contribution >= 4 is 57.9 Å². The Kier molecular flexibility index (Phi) is 6.92. The van der Waals surface area contributed by atoms with Crippen molar-refractivity contribution in [1.82, 2.24) is 19.6 Å². The minimum Gasteiger partial charge on any atom is -0.477 e. The van der Waals surface area contributed by atoms with Gasteiger partial charge in [0.25, 0.3) is 11.8 Å². The number of nitrogen functional groups attached to an aromatic ring is 1. The number of carboxylic acids is 1. The number of carbonyl (C=O) groups is 4. The molecule has 15 heteroatoms. The van der Waals surface area contributed by atoms with Crippen molar-refractivity contribution in [2.75, 3.05) is 12.3 Å². The number of aromatic nitrogens is 2. The molecule has 1 fully saturated rings. The van der Waals surface area contributed by atoms with Crippen molar-refractivity contribution in [1.29, 1.82) is 0 Å². The normalized spacial score (nSPS) is 22.6. The van der Waals surface area contributed by atoms with Crippen molar-refractivity contribution in [3.8, 4) is 0 Å². The lowest BCUT2D eigenvalue weighted by Gasteiger charge is -2.49. The number of carbonyl (C=O) groups excluding carboxylic acids is 3. The quantitative estimate of drug-likeness (QED) is 0.198. The third-order valence-corrected chi connectivity index (χ3v) is 6.05. The van der Waals surface area contributed by atoms with E-state index in [0.717, 1.165) is 16.4 Å². The van der Waals surface area contributed by atoms with E-state index in [-0.39, 0.29) is 21.9 Å². The summed E-state index contributed by atoms with van der Waals surface area (Å²) in [6.07, 6.45) is 1.47. The predicted molar refractivity (Wildman–Crippen MR) is 118 cm³/mol. The number of hydrogen-bond acceptors (Lipinski definition) is 12. The molecule has 0 aliphatic carbocycles. The molecule has 2 amide bonds. The number of thioether (sulfide) groups is 1. The maximum atomic E-state index is 12.9. The fourth-order valence-corrected chi connectivity index (χ4v) is 4.74. The van der Waals surface area contributed by atoms with E-state index in [2.05, 4.69) is 19.8 Å². The maximum Gasteiger partial charge on any atom is 0.352 e. The number of anilines is 1. The molecule has 3 rings (SSSR count). The van der Waals surface area contributed by atoms with Gasteiger partial charge in [0.05, 0.1) is 0 Å². The molecule has 1 aromatic rings. The van der Waals surface area contributed by atoms with Crippen LogP contribution in [0, 0.1) is 0 Å². The fraction of sp³-hybridized carbons (Fsp3) is 0.500. The summed E-state index contributed by atoms with van der Waals surface area (Å²) in [5.41, 5.74) is 4.32. The first kappa shape index (κ1) is 24.4. The van der Waals surface area contributed by atoms with Gasteiger partial charge in [0.1, 0.15) is 22.7 Å². The Labute approximate surface area is 196 Å². The van der Waals surface area contributed by atoms with Crippen molar-refractivity contribution in [2.24, 2.45) is 5.16 Å². The van der Waals surface area contributed by atoms with Crippen LogP contribution in [0.15, 0.2) is 16.9 Å². The summed E-state index contributed by atoms with van der Waals surface area (Å²) >= 11 is 2.13. The number of nitrogens with one attached hydrogen (secondary N) is 1. The van der Waals surface area contributed by atoms with Gasteiger partial charge in [0.2, 0.25) is 18.1 Å². The van der Waals surface area contributed by atoms with Crippen molar-refractivity contribution < 1.29 is 33.9 Å². The monoisotopic (exact) mass is 498 g/mol. The molecule has 3 atom stereocenters. The highest BCUT2D eigenvalue weighted by Gasteiger charge is 2.54. The van der Waals surface area contributed by atoms with Gasteiger partial charge in [-0.15, -0.1) is 11.8 Å². The number of hydrogen-bond donors (Lipinski definition) is 3. The molecule has 33 heavy (non-hydrogen) atoms. The van der Waals surface area contributed by atoms with E-state index in [1.54, 1.807) is 27.7 Å². The zero-order valence-electron chi connectivity index (χ0n) is 18.1. The minimum atomic E-state index is -1.23. The first-order valence-electron chi connectivity index (χ1n) is 9.63. The number of fused-ring (bicyclic) bond motifs is 1. The van der Waals surface area contributed by atoms with Crippen LogP contribution in [0.5, 0.6) is 0 Å². The molecule has 2 unspecified atom stereocenters. The highest BCUT2D eigenvalue weighted by atomic mass is 32.2. The Bertz CT molecular complexity index is 1050. The van der Waals surface area contributed by atoms with E-state index >= 15 is 0 Å². The van der Waals surface area contributed by atoms with Gasteiger partial charge in [-0.2, -0.15) is 9.36 Å². The first-order valence-corrected chi connectivity index (χ1v) is 11.3. The van der Waals surface area contributed by atoms with Gasteiger partial charge >= 0.3 is 11.9 Å². The standard InChI is InChI=1S/C18H22N6O7S2/c1-7-5-8(16(28)29)24-14(27)11(15(24)32-7)20-13(26)10(12-21-17(19)33-23-12)22-30-6-9(25)31-18(2,3)4/h5,7,11,15H,6H2,1-4H3,(H,20,26)(H,28,29)(H2,19,21,23)/t7?,11?,15-/m0/s1. The molecule has 0 bridgehead atoms. The number of β-lactam (4-membered cyclic amide) rings is 1. The average Bonchev–Trinajstić information content (AvgIpc) is 3.12. The van der Waals surface area contributed by atoms with E-state index in [0.29, 0.717) is 0 Å². The van der Waals surface area contributed by atoms with Crippen molar-refractivity contribution in [3.05, 3.63) is 17.6 Å². The second-order valence-corrected chi connectivity index (χ2v) is 10.3. The van der Waals surface area contributed by atoms with Gasteiger partial charge in [0, 0.05) is 16.8 Å². The lowest BCUT2D eigenvalue weighted by molar-refractivity contribution is -0.160. The van der Waals surface area contributed by atoms with Crippen LogP contribution in [-0.4, -0.2) is 77.7 Å². The lowest BCUT2D eigenvalue weighted by Crippen LogP contribution is -2.71. The molecule has 0 saturated carbocycles. The molecule has 0 aromatic carbocycles. The van der Waals surface area contributed by atoms with Gasteiger partial charge < -0.3 is 25.7 Å². The van der Waals surface area contributed by atoms with Crippen LogP contribution in [0.4, 0.5) is 5.13 Å². The Morgan fingerprint density at radius 3 is 2.64 bits per heavy atom. The molecule has 1 aromatic heterocycles. The molecule has 3 heterocycles. The SMILES string of the molecule is CC1C=C(C(=O)O)N2C(=O)C(NC(=O)C(=NOCC(=O)OC(C)(C)C)c3nsc(N)n3)[C@@H]2S1. The molecule has 1 saturated heterocycles. The number of esters is 1. The smallest absolute Gasteiger partial charge is 0.352 e. The number of aliphatic carboxylic acids is 1. The van der Waals surface area contributed by atoms with E-state index in [4.69, 9.17) is 15.3 Å². The van der Waals surface area contributed by atoms with Gasteiger partial charge in [0.15, 0.2) is 5.13 Å². The summed E-state index contributed by atoms with van der Waals surface area (Å²) in [5.74, 6) is -3.53. The largest absolute Gasteiger partial charge is 0.477 e. The zero-order valence-corrected chi connectivity index (χ0v) is 19.7. The molecule has 4 N–H and O–H groups in total. The van der Waals surface area contributed by atoms with Crippen LogP contribution in [-0.2, 0) is 28.8 Å². The Morgan fingerprint density at radius 2 is 2.06 bits per heavy atom. The molecule has 0 radical (unpaired) electrons. The Hall–Kier alpha value is -3.20. The second kappa shape index (κ2) is 9.35. The summed E-state index contributed by atoms with van der Waals surface area (Å²) in [5, 5.41) is 14.8. The first-order chi connectivity index (χ1) is 15.4. The molecular formula is C18H22N6O7S2. The topological polar surface area (TPSA) is 186 Å². The number of nitrogens with two attached hydrogens (primary N) is 1. The average molecular weight is 499 g/mol. The van der Waals surface area contributed by atoms with Gasteiger partial charge in [-0.1, -0.05) is 5.16 Å². The summed E-state index contributed by atoms with van der Waals surface area (Å²) in [6.45, 7) is 6.26. The number of amides is 2. The van der Waals surface area contributed by atoms with Crippen LogP contribution in [0.25, 0.3) is 0 Å².